The molecule has 0 aromatic carbocycles. The van der Waals surface area contributed by atoms with Crippen LogP contribution in [0.3, 0.4) is 0 Å². The summed E-state index contributed by atoms with van der Waals surface area (Å²) in [5.41, 5.74) is 0.0344. The van der Waals surface area contributed by atoms with Crippen molar-refractivity contribution in [2.75, 3.05) is 7.11 Å². The molecule has 1 aromatic heterocycles. The van der Waals surface area contributed by atoms with Gasteiger partial charge in [0.05, 0.1) is 18.4 Å². The number of rotatable bonds is 1. The van der Waals surface area contributed by atoms with Crippen LogP contribution in [0.2, 0.25) is 0 Å². The Morgan fingerprint density at radius 2 is 2.15 bits per heavy atom. The Balaban J connectivity index is 3.23. The van der Waals surface area contributed by atoms with E-state index in [0.29, 0.717) is 0 Å². The minimum Gasteiger partial charge on any atom is -0.465 e. The summed E-state index contributed by atoms with van der Waals surface area (Å²) in [7, 11) is 1.16. The first-order valence-corrected chi connectivity index (χ1v) is 3.47. The van der Waals surface area contributed by atoms with Crippen molar-refractivity contribution < 1.29 is 18.3 Å². The van der Waals surface area contributed by atoms with Crippen molar-refractivity contribution in [1.29, 1.82) is 0 Å². The third-order valence-electron chi connectivity index (χ3n) is 1.53. The molecule has 1 aromatic rings. The second kappa shape index (κ2) is 3.47. The van der Waals surface area contributed by atoms with Crippen molar-refractivity contribution >= 4 is 5.97 Å². The van der Waals surface area contributed by atoms with Gasteiger partial charge in [0.15, 0.2) is 5.82 Å². The van der Waals surface area contributed by atoms with Gasteiger partial charge in [0.25, 0.3) is 0 Å². The van der Waals surface area contributed by atoms with Gasteiger partial charge in [0.2, 0.25) is 5.95 Å². The van der Waals surface area contributed by atoms with Crippen molar-refractivity contribution in [3.05, 3.63) is 29.1 Å². The fourth-order valence-corrected chi connectivity index (χ4v) is 0.868. The van der Waals surface area contributed by atoms with Gasteiger partial charge in [0, 0.05) is 0 Å². The average molecular weight is 187 g/mol. The first kappa shape index (κ1) is 9.57. The number of ether oxygens (including phenoxy) is 1. The molecule has 0 aliphatic carbocycles. The zero-order valence-electron chi connectivity index (χ0n) is 7.10. The molecule has 5 heteroatoms. The lowest BCUT2D eigenvalue weighted by Gasteiger charge is -2.02. The predicted molar refractivity (Wildman–Crippen MR) is 40.2 cm³/mol. The predicted octanol–water partition coefficient (Wildman–Crippen LogP) is 1.45. The molecule has 0 bridgehead atoms. The van der Waals surface area contributed by atoms with E-state index in [1.165, 1.54) is 6.92 Å². The van der Waals surface area contributed by atoms with Crippen LogP contribution in [0.4, 0.5) is 8.78 Å². The first-order valence-electron chi connectivity index (χ1n) is 3.47. The molecule has 13 heavy (non-hydrogen) atoms. The molecule has 1 rings (SSSR count). The minimum absolute atomic E-state index is 0.0681. The van der Waals surface area contributed by atoms with Crippen LogP contribution < -0.4 is 0 Å². The summed E-state index contributed by atoms with van der Waals surface area (Å²) in [6.07, 6.45) is 0. The van der Waals surface area contributed by atoms with Crippen LogP contribution in [0.5, 0.6) is 0 Å². The van der Waals surface area contributed by atoms with E-state index < -0.39 is 17.7 Å². The van der Waals surface area contributed by atoms with Crippen LogP contribution >= 0.6 is 0 Å². The third-order valence-corrected chi connectivity index (χ3v) is 1.53. The maximum Gasteiger partial charge on any atom is 0.339 e. The van der Waals surface area contributed by atoms with E-state index in [2.05, 4.69) is 9.72 Å². The molecule has 70 valence electrons. The van der Waals surface area contributed by atoms with Gasteiger partial charge in [-0.05, 0) is 13.0 Å². The van der Waals surface area contributed by atoms with Crippen molar-refractivity contribution in [3.63, 3.8) is 0 Å². The number of aryl methyl sites for hydroxylation is 1. The van der Waals surface area contributed by atoms with Crippen molar-refractivity contribution in [2.45, 2.75) is 6.92 Å². The highest BCUT2D eigenvalue weighted by molar-refractivity contribution is 5.90. The SMILES string of the molecule is COC(=O)c1cc(F)c(F)nc1C. The Hall–Kier alpha value is -1.52. The maximum absolute atomic E-state index is 12.6. The van der Waals surface area contributed by atoms with Crippen LogP contribution in [-0.4, -0.2) is 18.1 Å². The fraction of sp³-hybridized carbons (Fsp3) is 0.250. The lowest BCUT2D eigenvalue weighted by molar-refractivity contribution is 0.0598. The zero-order valence-corrected chi connectivity index (χ0v) is 7.10. The van der Waals surface area contributed by atoms with Gasteiger partial charge in [0.1, 0.15) is 0 Å². The summed E-state index contributed by atoms with van der Waals surface area (Å²) in [4.78, 5) is 14.1. The van der Waals surface area contributed by atoms with Gasteiger partial charge in [-0.15, -0.1) is 0 Å². The minimum atomic E-state index is -1.22. The summed E-state index contributed by atoms with van der Waals surface area (Å²) < 4.78 is 29.4. The van der Waals surface area contributed by atoms with Crippen LogP contribution in [0.25, 0.3) is 0 Å². The quantitative estimate of drug-likeness (QED) is 0.493. The van der Waals surface area contributed by atoms with E-state index in [1.807, 2.05) is 0 Å². The number of pyridine rings is 1. The monoisotopic (exact) mass is 187 g/mol. The molecule has 0 aliphatic heterocycles. The Morgan fingerprint density at radius 3 is 2.69 bits per heavy atom. The van der Waals surface area contributed by atoms with E-state index in [1.54, 1.807) is 0 Å². The number of nitrogens with zero attached hydrogens (tertiary/aromatic N) is 1. The zero-order chi connectivity index (χ0) is 10.0. The van der Waals surface area contributed by atoms with Gasteiger partial charge in [-0.2, -0.15) is 4.39 Å². The van der Waals surface area contributed by atoms with Crippen LogP contribution in [0.1, 0.15) is 16.1 Å². The Labute approximate surface area is 73.4 Å². The number of halogens is 2. The van der Waals surface area contributed by atoms with Gasteiger partial charge >= 0.3 is 5.97 Å². The lowest BCUT2D eigenvalue weighted by Crippen LogP contribution is -2.07. The Morgan fingerprint density at radius 1 is 1.54 bits per heavy atom. The normalized spacial score (nSPS) is 9.85. The number of methoxy groups -OCH3 is 1. The molecule has 0 saturated carbocycles. The van der Waals surface area contributed by atoms with Gasteiger partial charge in [-0.1, -0.05) is 0 Å². The molecule has 0 aliphatic rings. The van der Waals surface area contributed by atoms with Crippen LogP contribution in [0.15, 0.2) is 6.07 Å². The Kier molecular flexibility index (Phi) is 2.55. The van der Waals surface area contributed by atoms with E-state index in [9.17, 15) is 13.6 Å². The first-order chi connectivity index (χ1) is 6.06. The number of hydrogen-bond donors (Lipinski definition) is 0. The topological polar surface area (TPSA) is 39.2 Å². The number of carbonyl (C=O) groups excluding carboxylic acids is 1. The number of carbonyl (C=O) groups is 1. The van der Waals surface area contributed by atoms with E-state index in [4.69, 9.17) is 0 Å². The number of esters is 1. The highest BCUT2D eigenvalue weighted by atomic mass is 19.2. The molecule has 0 saturated heterocycles. The van der Waals surface area contributed by atoms with E-state index >= 15 is 0 Å². The molecule has 3 nitrogen and oxygen atoms in total. The fourth-order valence-electron chi connectivity index (χ4n) is 0.868. The molecular weight excluding hydrogens is 180 g/mol. The second-order valence-electron chi connectivity index (χ2n) is 2.39. The molecule has 1 heterocycles. The molecule has 0 fully saturated rings. The maximum atomic E-state index is 12.6. The molecule has 0 N–H and O–H groups in total. The second-order valence-corrected chi connectivity index (χ2v) is 2.39. The third kappa shape index (κ3) is 1.80. The van der Waals surface area contributed by atoms with Crippen LogP contribution in [0, 0.1) is 18.7 Å². The van der Waals surface area contributed by atoms with Crippen molar-refractivity contribution in [3.8, 4) is 0 Å². The van der Waals surface area contributed by atoms with E-state index in [0.717, 1.165) is 13.2 Å². The summed E-state index contributed by atoms with van der Waals surface area (Å²) >= 11 is 0. The van der Waals surface area contributed by atoms with E-state index in [-0.39, 0.29) is 11.3 Å². The van der Waals surface area contributed by atoms with Crippen molar-refractivity contribution in [2.24, 2.45) is 0 Å². The largest absolute Gasteiger partial charge is 0.465 e. The molecule has 0 spiro atoms. The summed E-state index contributed by atoms with van der Waals surface area (Å²) in [5.74, 6) is -3.11. The van der Waals surface area contributed by atoms with Crippen LogP contribution in [-0.2, 0) is 4.74 Å². The highest BCUT2D eigenvalue weighted by Gasteiger charge is 2.14. The number of hydrogen-bond acceptors (Lipinski definition) is 3. The summed E-state index contributed by atoms with van der Waals surface area (Å²) in [6.45, 7) is 1.40. The smallest absolute Gasteiger partial charge is 0.339 e. The standard InChI is InChI=1S/C8H7F2NO2/c1-4-5(8(12)13-2)3-6(9)7(10)11-4/h3H,1-2H3. The number of aromatic nitrogens is 1. The van der Waals surface area contributed by atoms with Gasteiger partial charge in [-0.3, -0.25) is 0 Å². The van der Waals surface area contributed by atoms with Crippen molar-refractivity contribution in [1.82, 2.24) is 4.98 Å². The lowest BCUT2D eigenvalue weighted by atomic mass is 10.2. The molecule has 0 radical (unpaired) electrons. The Bertz CT molecular complexity index is 352. The average Bonchev–Trinajstić information content (AvgIpc) is 2.10. The van der Waals surface area contributed by atoms with Gasteiger partial charge in [-0.25, -0.2) is 14.2 Å². The van der Waals surface area contributed by atoms with Gasteiger partial charge < -0.3 is 4.74 Å². The molecule has 0 amide bonds. The molecular formula is C8H7F2NO2. The summed E-state index contributed by atoms with van der Waals surface area (Å²) in [5, 5.41) is 0. The highest BCUT2D eigenvalue weighted by Crippen LogP contribution is 2.11. The summed E-state index contributed by atoms with van der Waals surface area (Å²) in [6, 6.07) is 0.767. The molecule has 0 atom stereocenters. The molecule has 0 unspecified atom stereocenters.